The van der Waals surface area contributed by atoms with E-state index in [1.807, 2.05) is 0 Å². The first-order valence-corrected chi connectivity index (χ1v) is 9.18. The van der Waals surface area contributed by atoms with Crippen molar-refractivity contribution in [2.45, 2.75) is 69.4 Å². The largest absolute Gasteiger partial charge is 0.379 e. The molecule has 134 valence electrons. The van der Waals surface area contributed by atoms with Crippen molar-refractivity contribution < 1.29 is 4.74 Å². The zero-order valence-electron chi connectivity index (χ0n) is 14.3. The van der Waals surface area contributed by atoms with Crippen LogP contribution in [-0.2, 0) is 4.74 Å². The van der Waals surface area contributed by atoms with Crippen molar-refractivity contribution in [2.24, 2.45) is 10.7 Å². The fourth-order valence-corrected chi connectivity index (χ4v) is 4.38. The Kier molecular flexibility index (Phi) is 7.88. The molecule has 3 aliphatic rings. The van der Waals surface area contributed by atoms with Gasteiger partial charge in [-0.3, -0.25) is 9.89 Å². The molecule has 2 aliphatic carbocycles. The minimum absolute atomic E-state index is 0. The highest BCUT2D eigenvalue weighted by molar-refractivity contribution is 14.0. The molecule has 6 heteroatoms. The van der Waals surface area contributed by atoms with Crippen molar-refractivity contribution in [2.75, 3.05) is 32.8 Å². The van der Waals surface area contributed by atoms with Gasteiger partial charge in [0.05, 0.1) is 19.8 Å². The van der Waals surface area contributed by atoms with Crippen LogP contribution in [0.1, 0.15) is 57.8 Å². The van der Waals surface area contributed by atoms with Gasteiger partial charge in [0.15, 0.2) is 5.96 Å². The van der Waals surface area contributed by atoms with E-state index in [0.29, 0.717) is 12.0 Å². The molecular formula is C17H33IN4O. The molecule has 0 atom stereocenters. The highest BCUT2D eigenvalue weighted by atomic mass is 127. The van der Waals surface area contributed by atoms with Gasteiger partial charge >= 0.3 is 0 Å². The van der Waals surface area contributed by atoms with Gasteiger partial charge in [0, 0.05) is 24.7 Å². The van der Waals surface area contributed by atoms with Gasteiger partial charge in [0.2, 0.25) is 0 Å². The Bertz CT molecular complexity index is 373. The van der Waals surface area contributed by atoms with Crippen molar-refractivity contribution >= 4 is 29.9 Å². The molecule has 3 fully saturated rings. The highest BCUT2D eigenvalue weighted by Crippen LogP contribution is 2.34. The summed E-state index contributed by atoms with van der Waals surface area (Å²) in [4.78, 5) is 7.39. The number of morpholine rings is 1. The Labute approximate surface area is 157 Å². The first-order chi connectivity index (χ1) is 10.8. The third-order valence-corrected chi connectivity index (χ3v) is 5.72. The predicted molar refractivity (Wildman–Crippen MR) is 106 cm³/mol. The number of guanidine groups is 1. The summed E-state index contributed by atoms with van der Waals surface area (Å²) in [6.45, 7) is 4.66. The number of halogens is 1. The van der Waals surface area contributed by atoms with Crippen LogP contribution in [0.5, 0.6) is 0 Å². The van der Waals surface area contributed by atoms with Gasteiger partial charge in [-0.2, -0.15) is 0 Å². The van der Waals surface area contributed by atoms with Crippen LogP contribution in [0.4, 0.5) is 0 Å². The van der Waals surface area contributed by atoms with Crippen LogP contribution in [-0.4, -0.2) is 55.3 Å². The molecule has 3 N–H and O–H groups in total. The molecule has 5 nitrogen and oxygen atoms in total. The van der Waals surface area contributed by atoms with Crippen LogP contribution in [0, 0.1) is 0 Å². The van der Waals surface area contributed by atoms with E-state index in [1.54, 1.807) is 0 Å². The fourth-order valence-electron chi connectivity index (χ4n) is 4.38. The van der Waals surface area contributed by atoms with E-state index < -0.39 is 0 Å². The predicted octanol–water partition coefficient (Wildman–Crippen LogP) is 2.49. The van der Waals surface area contributed by atoms with E-state index in [4.69, 9.17) is 15.5 Å². The maximum Gasteiger partial charge on any atom is 0.188 e. The van der Waals surface area contributed by atoms with Crippen molar-refractivity contribution in [3.63, 3.8) is 0 Å². The highest BCUT2D eigenvalue weighted by Gasteiger charge is 2.38. The molecule has 1 aliphatic heterocycles. The van der Waals surface area contributed by atoms with Crippen LogP contribution in [0.3, 0.4) is 0 Å². The van der Waals surface area contributed by atoms with E-state index in [2.05, 4.69) is 10.2 Å². The molecule has 2 saturated carbocycles. The summed E-state index contributed by atoms with van der Waals surface area (Å²) in [6.07, 6.45) is 11.7. The number of nitrogens with two attached hydrogens (primary N) is 1. The summed E-state index contributed by atoms with van der Waals surface area (Å²) in [7, 11) is 0. The van der Waals surface area contributed by atoms with Gasteiger partial charge in [0.25, 0.3) is 0 Å². The number of ether oxygens (including phenoxy) is 1. The molecule has 0 radical (unpaired) electrons. The van der Waals surface area contributed by atoms with Gasteiger partial charge in [-0.05, 0) is 25.7 Å². The molecule has 0 bridgehead atoms. The summed E-state index contributed by atoms with van der Waals surface area (Å²) < 4.78 is 5.54. The minimum atomic E-state index is 0. The second-order valence-corrected chi connectivity index (χ2v) is 7.21. The summed E-state index contributed by atoms with van der Waals surface area (Å²) in [6, 6.07) is 0.550. The lowest BCUT2D eigenvalue weighted by atomic mass is 9.80. The molecule has 3 rings (SSSR count). The van der Waals surface area contributed by atoms with Gasteiger partial charge in [-0.15, -0.1) is 24.0 Å². The van der Waals surface area contributed by atoms with E-state index in [9.17, 15) is 0 Å². The Balaban J connectivity index is 0.00000192. The van der Waals surface area contributed by atoms with Crippen LogP contribution in [0.25, 0.3) is 0 Å². The number of nitrogens with zero attached hydrogens (tertiary/aromatic N) is 2. The van der Waals surface area contributed by atoms with Crippen LogP contribution in [0.15, 0.2) is 4.99 Å². The summed E-state index contributed by atoms with van der Waals surface area (Å²) in [5.41, 5.74) is 6.38. The van der Waals surface area contributed by atoms with Gasteiger partial charge in [-0.25, -0.2) is 0 Å². The average Bonchev–Trinajstić information content (AvgIpc) is 3.08. The smallest absolute Gasteiger partial charge is 0.188 e. The normalized spacial score (nSPS) is 26.7. The minimum Gasteiger partial charge on any atom is -0.379 e. The molecule has 23 heavy (non-hydrogen) atoms. The van der Waals surface area contributed by atoms with Crippen molar-refractivity contribution in [1.82, 2.24) is 10.2 Å². The second kappa shape index (κ2) is 9.42. The van der Waals surface area contributed by atoms with E-state index >= 15 is 0 Å². The zero-order chi connectivity index (χ0) is 15.3. The maximum atomic E-state index is 6.15. The van der Waals surface area contributed by atoms with Crippen LogP contribution >= 0.6 is 24.0 Å². The number of aliphatic imine (C=N–C) groups is 1. The molecule has 0 aromatic rings. The first-order valence-electron chi connectivity index (χ1n) is 9.18. The lowest BCUT2D eigenvalue weighted by Crippen LogP contribution is -2.56. The summed E-state index contributed by atoms with van der Waals surface area (Å²) in [5.74, 6) is 0.658. The monoisotopic (exact) mass is 436 g/mol. The standard InChI is InChI=1S/C17H32N4O.HI/c18-16(20-15-6-2-3-7-15)19-14-17(8-4-1-5-9-17)21-10-12-22-13-11-21;/h15H,1-14H2,(H3,18,19,20);1H. The van der Waals surface area contributed by atoms with Crippen LogP contribution in [0.2, 0.25) is 0 Å². The summed E-state index contributed by atoms with van der Waals surface area (Å²) in [5, 5.41) is 3.42. The fraction of sp³-hybridized carbons (Fsp3) is 0.941. The molecule has 0 aromatic heterocycles. The maximum absolute atomic E-state index is 6.15. The van der Waals surface area contributed by atoms with Gasteiger partial charge in [0.1, 0.15) is 0 Å². The quantitative estimate of drug-likeness (QED) is 0.404. The van der Waals surface area contributed by atoms with Crippen LogP contribution < -0.4 is 11.1 Å². The molecule has 1 heterocycles. The third-order valence-electron chi connectivity index (χ3n) is 5.72. The van der Waals surface area contributed by atoms with Crippen molar-refractivity contribution in [3.8, 4) is 0 Å². The third kappa shape index (κ3) is 5.19. The zero-order valence-corrected chi connectivity index (χ0v) is 16.6. The molecule has 1 saturated heterocycles. The molecule has 0 amide bonds. The Morgan fingerprint density at radius 1 is 1.09 bits per heavy atom. The SMILES string of the molecule is I.NC(=NCC1(N2CCOCC2)CCCCC1)NC1CCCC1. The van der Waals surface area contributed by atoms with Gasteiger partial charge < -0.3 is 15.8 Å². The lowest BCUT2D eigenvalue weighted by molar-refractivity contribution is -0.0333. The Morgan fingerprint density at radius 2 is 1.74 bits per heavy atom. The number of hydrogen-bond acceptors (Lipinski definition) is 3. The molecular weight excluding hydrogens is 403 g/mol. The lowest BCUT2D eigenvalue weighted by Gasteiger charge is -2.47. The average molecular weight is 436 g/mol. The van der Waals surface area contributed by atoms with Crippen molar-refractivity contribution in [1.29, 1.82) is 0 Å². The topological polar surface area (TPSA) is 62.9 Å². The Hall–Kier alpha value is -0.0800. The van der Waals surface area contributed by atoms with Crippen molar-refractivity contribution in [3.05, 3.63) is 0 Å². The number of rotatable bonds is 4. The Morgan fingerprint density at radius 3 is 2.39 bits per heavy atom. The second-order valence-electron chi connectivity index (χ2n) is 7.21. The van der Waals surface area contributed by atoms with E-state index in [1.165, 1.54) is 57.8 Å². The molecule has 0 unspecified atom stereocenters. The summed E-state index contributed by atoms with van der Waals surface area (Å²) >= 11 is 0. The molecule has 0 spiro atoms. The molecule has 0 aromatic carbocycles. The van der Waals surface area contributed by atoms with E-state index in [0.717, 1.165) is 32.8 Å². The number of nitrogens with one attached hydrogen (secondary N) is 1. The van der Waals surface area contributed by atoms with E-state index in [-0.39, 0.29) is 29.5 Å². The first kappa shape index (κ1) is 19.2. The van der Waals surface area contributed by atoms with Gasteiger partial charge in [-0.1, -0.05) is 32.1 Å². The number of hydrogen-bond donors (Lipinski definition) is 2.